The van der Waals surface area contributed by atoms with Crippen LogP contribution in [0.5, 0.6) is 0 Å². The van der Waals surface area contributed by atoms with Crippen LogP contribution in [0.2, 0.25) is 5.02 Å². The Bertz CT molecular complexity index is 676. The molecule has 7 heteroatoms. The van der Waals surface area contributed by atoms with Crippen LogP contribution in [-0.2, 0) is 13.6 Å². The van der Waals surface area contributed by atoms with Crippen LogP contribution in [0.15, 0.2) is 12.4 Å². The molecular formula is C10H11ClN6. The number of nitrogens with one attached hydrogen (secondary N) is 1. The number of aryl methyl sites for hydroxylation is 2. The zero-order valence-electron chi connectivity index (χ0n) is 9.48. The first-order chi connectivity index (χ1) is 8.19. The standard InChI is InChI=1S/C10H11ClN6/c1-3-17-10-7(4-12-17)13-9(14-10)8-6(11)5-16(2)15-8/h4-5H,3H2,1-2H3,(H,13,14). The zero-order valence-corrected chi connectivity index (χ0v) is 10.2. The largest absolute Gasteiger partial charge is 0.334 e. The summed E-state index contributed by atoms with van der Waals surface area (Å²) in [5, 5.41) is 9.06. The number of halogens is 1. The van der Waals surface area contributed by atoms with Crippen LogP contribution in [0.4, 0.5) is 0 Å². The molecule has 0 radical (unpaired) electrons. The highest BCUT2D eigenvalue weighted by molar-refractivity contribution is 6.32. The van der Waals surface area contributed by atoms with Gasteiger partial charge < -0.3 is 4.98 Å². The van der Waals surface area contributed by atoms with E-state index in [-0.39, 0.29) is 0 Å². The van der Waals surface area contributed by atoms with Gasteiger partial charge in [-0.3, -0.25) is 4.68 Å². The van der Waals surface area contributed by atoms with Gasteiger partial charge in [-0.25, -0.2) is 9.67 Å². The maximum absolute atomic E-state index is 6.08. The maximum atomic E-state index is 6.08. The highest BCUT2D eigenvalue weighted by Gasteiger charge is 2.14. The number of hydrogen-bond donors (Lipinski definition) is 1. The van der Waals surface area contributed by atoms with Gasteiger partial charge in [-0.15, -0.1) is 0 Å². The van der Waals surface area contributed by atoms with Crippen molar-refractivity contribution in [2.75, 3.05) is 0 Å². The molecule has 1 N–H and O–H groups in total. The molecule has 0 aliphatic carbocycles. The molecule has 0 aliphatic heterocycles. The second-order valence-electron chi connectivity index (χ2n) is 3.78. The third-order valence-corrected chi connectivity index (χ3v) is 2.87. The van der Waals surface area contributed by atoms with Crippen molar-refractivity contribution in [3.8, 4) is 11.5 Å². The van der Waals surface area contributed by atoms with Crippen LogP contribution in [0, 0.1) is 0 Å². The summed E-state index contributed by atoms with van der Waals surface area (Å²) in [5.74, 6) is 0.671. The van der Waals surface area contributed by atoms with Crippen LogP contribution in [0.1, 0.15) is 6.92 Å². The predicted octanol–water partition coefficient (Wildman–Crippen LogP) is 1.83. The van der Waals surface area contributed by atoms with E-state index in [2.05, 4.69) is 20.2 Å². The third kappa shape index (κ3) is 1.52. The fraction of sp³-hybridized carbons (Fsp3) is 0.300. The Kier molecular flexibility index (Phi) is 2.19. The van der Waals surface area contributed by atoms with Crippen LogP contribution in [-0.4, -0.2) is 29.5 Å². The summed E-state index contributed by atoms with van der Waals surface area (Å²) in [4.78, 5) is 7.64. The molecule has 3 heterocycles. The van der Waals surface area contributed by atoms with Crippen LogP contribution in [0.25, 0.3) is 22.7 Å². The molecular weight excluding hydrogens is 240 g/mol. The summed E-state index contributed by atoms with van der Waals surface area (Å²) in [5.41, 5.74) is 2.38. The van der Waals surface area contributed by atoms with Crippen LogP contribution >= 0.6 is 11.6 Å². The predicted molar refractivity (Wildman–Crippen MR) is 64.8 cm³/mol. The molecule has 0 spiro atoms. The number of H-pyrrole nitrogens is 1. The Morgan fingerprint density at radius 3 is 2.94 bits per heavy atom. The molecule has 0 atom stereocenters. The fourth-order valence-corrected chi connectivity index (χ4v) is 2.08. The van der Waals surface area contributed by atoms with Gasteiger partial charge in [0.2, 0.25) is 0 Å². The number of hydrogen-bond acceptors (Lipinski definition) is 3. The van der Waals surface area contributed by atoms with E-state index in [0.29, 0.717) is 16.5 Å². The monoisotopic (exact) mass is 250 g/mol. The maximum Gasteiger partial charge on any atom is 0.176 e. The van der Waals surface area contributed by atoms with Crippen molar-refractivity contribution in [2.45, 2.75) is 13.5 Å². The molecule has 0 aromatic carbocycles. The molecule has 6 nitrogen and oxygen atoms in total. The number of nitrogens with zero attached hydrogens (tertiary/aromatic N) is 5. The minimum absolute atomic E-state index is 0.583. The van der Waals surface area contributed by atoms with Gasteiger partial charge in [0.1, 0.15) is 11.2 Å². The van der Waals surface area contributed by atoms with E-state index in [1.54, 1.807) is 17.1 Å². The molecule has 0 bridgehead atoms. The van der Waals surface area contributed by atoms with E-state index in [9.17, 15) is 0 Å². The summed E-state index contributed by atoms with van der Waals surface area (Å²) in [7, 11) is 1.83. The first kappa shape index (κ1) is 10.3. The third-order valence-electron chi connectivity index (χ3n) is 2.59. The molecule has 0 aliphatic rings. The van der Waals surface area contributed by atoms with Crippen LogP contribution < -0.4 is 0 Å². The number of fused-ring (bicyclic) bond motifs is 1. The molecule has 0 fully saturated rings. The molecule has 3 rings (SSSR count). The molecule has 3 aromatic rings. The summed E-state index contributed by atoms with van der Waals surface area (Å²) in [6.07, 6.45) is 3.50. The molecule has 0 amide bonds. The van der Waals surface area contributed by atoms with Crippen molar-refractivity contribution in [1.82, 2.24) is 29.5 Å². The Morgan fingerprint density at radius 2 is 2.29 bits per heavy atom. The van der Waals surface area contributed by atoms with Gasteiger partial charge in [-0.05, 0) is 6.92 Å². The number of aromatic nitrogens is 6. The quantitative estimate of drug-likeness (QED) is 0.755. The molecule has 0 unspecified atom stereocenters. The van der Waals surface area contributed by atoms with Crippen LogP contribution in [0.3, 0.4) is 0 Å². The summed E-state index contributed by atoms with van der Waals surface area (Å²) >= 11 is 6.08. The van der Waals surface area contributed by atoms with E-state index in [4.69, 9.17) is 11.6 Å². The molecule has 0 saturated carbocycles. The van der Waals surface area contributed by atoms with E-state index in [1.165, 1.54) is 0 Å². The zero-order chi connectivity index (χ0) is 12.0. The van der Waals surface area contributed by atoms with Gasteiger partial charge in [0, 0.05) is 19.8 Å². The lowest BCUT2D eigenvalue weighted by molar-refractivity contribution is 0.677. The Morgan fingerprint density at radius 1 is 1.47 bits per heavy atom. The Balaban J connectivity index is 2.18. The average molecular weight is 251 g/mol. The van der Waals surface area contributed by atoms with Crippen molar-refractivity contribution in [3.63, 3.8) is 0 Å². The molecule has 3 aromatic heterocycles. The van der Waals surface area contributed by atoms with Gasteiger partial charge in [0.05, 0.1) is 11.2 Å². The van der Waals surface area contributed by atoms with Crippen molar-refractivity contribution in [1.29, 1.82) is 0 Å². The molecule has 88 valence electrons. The lowest BCUT2D eigenvalue weighted by Crippen LogP contribution is -1.96. The van der Waals surface area contributed by atoms with Gasteiger partial charge in [-0.2, -0.15) is 10.2 Å². The normalized spacial score (nSPS) is 11.5. The molecule has 0 saturated heterocycles. The number of rotatable bonds is 2. The first-order valence-corrected chi connectivity index (χ1v) is 5.68. The van der Waals surface area contributed by atoms with E-state index >= 15 is 0 Å². The van der Waals surface area contributed by atoms with Crippen molar-refractivity contribution < 1.29 is 0 Å². The summed E-state index contributed by atoms with van der Waals surface area (Å²) in [6, 6.07) is 0. The van der Waals surface area contributed by atoms with E-state index in [0.717, 1.165) is 17.7 Å². The Labute approximate surface area is 102 Å². The summed E-state index contributed by atoms with van der Waals surface area (Å²) in [6.45, 7) is 2.80. The van der Waals surface area contributed by atoms with Gasteiger partial charge >= 0.3 is 0 Å². The van der Waals surface area contributed by atoms with Gasteiger partial charge in [0.25, 0.3) is 0 Å². The fourth-order valence-electron chi connectivity index (χ4n) is 1.81. The lowest BCUT2D eigenvalue weighted by atomic mass is 10.4. The molecule has 17 heavy (non-hydrogen) atoms. The minimum Gasteiger partial charge on any atom is -0.334 e. The second-order valence-corrected chi connectivity index (χ2v) is 4.19. The number of imidazole rings is 1. The topological polar surface area (TPSA) is 64.3 Å². The van der Waals surface area contributed by atoms with Gasteiger partial charge in [0.15, 0.2) is 11.5 Å². The average Bonchev–Trinajstić information content (AvgIpc) is 2.91. The highest BCUT2D eigenvalue weighted by Crippen LogP contribution is 2.25. The summed E-state index contributed by atoms with van der Waals surface area (Å²) < 4.78 is 3.49. The SMILES string of the molecule is CCn1ncc2[nH]c(-c3nn(C)cc3Cl)nc21. The van der Waals surface area contributed by atoms with Gasteiger partial charge in [-0.1, -0.05) is 11.6 Å². The Hall–Kier alpha value is -1.82. The van der Waals surface area contributed by atoms with E-state index in [1.807, 2.05) is 18.7 Å². The number of aromatic amines is 1. The van der Waals surface area contributed by atoms with Crippen molar-refractivity contribution in [3.05, 3.63) is 17.4 Å². The van der Waals surface area contributed by atoms with Crippen molar-refractivity contribution >= 4 is 22.8 Å². The van der Waals surface area contributed by atoms with E-state index < -0.39 is 0 Å². The first-order valence-electron chi connectivity index (χ1n) is 5.30. The smallest absolute Gasteiger partial charge is 0.176 e. The second kappa shape index (κ2) is 3.59. The minimum atomic E-state index is 0.583. The highest BCUT2D eigenvalue weighted by atomic mass is 35.5. The lowest BCUT2D eigenvalue weighted by Gasteiger charge is -1.93. The van der Waals surface area contributed by atoms with Crippen molar-refractivity contribution in [2.24, 2.45) is 7.05 Å².